The number of nitrogens with one attached hydrogen (secondary N) is 1. The molecule has 1 saturated heterocycles. The molecule has 0 bridgehead atoms. The number of aromatic nitrogens is 2. The van der Waals surface area contributed by atoms with E-state index in [1.54, 1.807) is 0 Å². The predicted molar refractivity (Wildman–Crippen MR) is 134 cm³/mol. The van der Waals surface area contributed by atoms with Crippen molar-refractivity contribution in [3.8, 4) is 0 Å². The average Bonchev–Trinajstić information content (AvgIpc) is 3.55. The first-order valence-corrected chi connectivity index (χ1v) is 14.3. The summed E-state index contributed by atoms with van der Waals surface area (Å²) in [5.41, 5.74) is 2.46. The SMILES string of the molecule is O=S1c2c(NC3(CO)CCC3)nc(N3CC4(CCC(c5ccc(Cl)cc5)CC4)C3)nc2C2CC21. The lowest BCUT2D eigenvalue weighted by molar-refractivity contribution is 0.126. The van der Waals surface area contributed by atoms with Gasteiger partial charge in [0.05, 0.1) is 28.6 Å². The fourth-order valence-electron chi connectivity index (χ4n) is 6.68. The smallest absolute Gasteiger partial charge is 0.227 e. The van der Waals surface area contributed by atoms with Crippen molar-refractivity contribution < 1.29 is 9.32 Å². The third-order valence-electron chi connectivity index (χ3n) is 9.16. The van der Waals surface area contributed by atoms with Crippen LogP contribution in [-0.2, 0) is 10.8 Å². The molecule has 3 aliphatic carbocycles. The zero-order chi connectivity index (χ0) is 23.1. The maximum absolute atomic E-state index is 13.0. The molecule has 0 amide bonds. The average molecular weight is 499 g/mol. The van der Waals surface area contributed by atoms with Crippen molar-refractivity contribution in [3.05, 3.63) is 40.5 Å². The predicted octanol–water partition coefficient (Wildman–Crippen LogP) is 4.60. The van der Waals surface area contributed by atoms with E-state index in [1.807, 2.05) is 12.1 Å². The maximum Gasteiger partial charge on any atom is 0.227 e. The minimum absolute atomic E-state index is 0.0855. The Hall–Kier alpha value is -1.70. The largest absolute Gasteiger partial charge is 0.394 e. The Morgan fingerprint density at radius 2 is 1.85 bits per heavy atom. The molecule has 8 heteroatoms. The lowest BCUT2D eigenvalue weighted by Crippen LogP contribution is -2.58. The minimum Gasteiger partial charge on any atom is -0.394 e. The van der Waals surface area contributed by atoms with Gasteiger partial charge < -0.3 is 15.3 Å². The van der Waals surface area contributed by atoms with E-state index in [4.69, 9.17) is 21.6 Å². The normalized spacial score (nSPS) is 30.3. The monoisotopic (exact) mass is 498 g/mol. The van der Waals surface area contributed by atoms with Crippen molar-refractivity contribution in [2.45, 2.75) is 78.9 Å². The third kappa shape index (κ3) is 3.34. The highest BCUT2D eigenvalue weighted by Crippen LogP contribution is 2.57. The van der Waals surface area contributed by atoms with Crippen LogP contribution in [0.1, 0.15) is 74.5 Å². The second-order valence-electron chi connectivity index (χ2n) is 11.4. The Labute approximate surface area is 208 Å². The van der Waals surface area contributed by atoms with E-state index < -0.39 is 10.8 Å². The molecule has 2 aromatic rings. The fraction of sp³-hybridized carbons (Fsp3) is 0.615. The molecule has 34 heavy (non-hydrogen) atoms. The zero-order valence-electron chi connectivity index (χ0n) is 19.3. The number of aliphatic hydroxyl groups excluding tert-OH is 1. The summed E-state index contributed by atoms with van der Waals surface area (Å²) < 4.78 is 13.0. The van der Waals surface area contributed by atoms with Crippen LogP contribution in [0.5, 0.6) is 0 Å². The number of nitrogens with zero attached hydrogens (tertiary/aromatic N) is 3. The third-order valence-corrected chi connectivity index (χ3v) is 11.3. The number of hydrogen-bond donors (Lipinski definition) is 2. The van der Waals surface area contributed by atoms with Crippen LogP contribution < -0.4 is 10.2 Å². The van der Waals surface area contributed by atoms with Crippen molar-refractivity contribution in [2.75, 3.05) is 29.9 Å². The van der Waals surface area contributed by atoms with Crippen molar-refractivity contribution in [2.24, 2.45) is 5.41 Å². The molecule has 7 rings (SSSR count). The van der Waals surface area contributed by atoms with Gasteiger partial charge in [0.1, 0.15) is 10.7 Å². The lowest BCUT2D eigenvalue weighted by Gasteiger charge is -2.53. The Morgan fingerprint density at radius 1 is 1.12 bits per heavy atom. The molecule has 4 fully saturated rings. The first-order valence-electron chi connectivity index (χ1n) is 12.7. The summed E-state index contributed by atoms with van der Waals surface area (Å²) >= 11 is 6.07. The molecule has 180 valence electrons. The van der Waals surface area contributed by atoms with Gasteiger partial charge in [-0.25, -0.2) is 4.98 Å². The van der Waals surface area contributed by atoms with Crippen LogP contribution in [0.3, 0.4) is 0 Å². The van der Waals surface area contributed by atoms with Gasteiger partial charge in [0.15, 0.2) is 0 Å². The van der Waals surface area contributed by atoms with Crippen LogP contribution in [0.4, 0.5) is 11.8 Å². The van der Waals surface area contributed by atoms with E-state index >= 15 is 0 Å². The Kier molecular flexibility index (Phi) is 4.85. The Bertz CT molecular complexity index is 1150. The van der Waals surface area contributed by atoms with Crippen LogP contribution in [0.15, 0.2) is 29.2 Å². The molecule has 6 nitrogen and oxygen atoms in total. The lowest BCUT2D eigenvalue weighted by atomic mass is 9.65. The van der Waals surface area contributed by atoms with Gasteiger partial charge >= 0.3 is 0 Å². The van der Waals surface area contributed by atoms with E-state index in [-0.39, 0.29) is 17.4 Å². The summed E-state index contributed by atoms with van der Waals surface area (Å²) in [6, 6.07) is 8.37. The molecule has 3 unspecified atom stereocenters. The standard InChI is InChI=1S/C26H31ClN4O2S/c27-18-4-2-16(3-5-18)17-6-10-25(11-7-17)13-31(14-25)24-28-21-19-12-20(19)34(33)22(21)23(29-24)30-26(15-32)8-1-9-26/h2-5,17,19-20,32H,1,6-15H2,(H,28,29,30). The van der Waals surface area contributed by atoms with Crippen LogP contribution in [0.2, 0.25) is 5.02 Å². The Balaban J connectivity index is 1.09. The van der Waals surface area contributed by atoms with Gasteiger partial charge in [0.2, 0.25) is 5.95 Å². The molecule has 5 aliphatic rings. The minimum atomic E-state index is -1.03. The molecule has 2 aliphatic heterocycles. The van der Waals surface area contributed by atoms with Gasteiger partial charge in [-0.3, -0.25) is 4.21 Å². The highest BCUT2D eigenvalue weighted by atomic mass is 35.5. The van der Waals surface area contributed by atoms with E-state index in [0.717, 1.165) is 60.3 Å². The molecular formula is C26H31ClN4O2S. The summed E-state index contributed by atoms with van der Waals surface area (Å²) in [6.45, 7) is 2.09. The summed E-state index contributed by atoms with van der Waals surface area (Å²) in [6.07, 6.45) is 8.84. The zero-order valence-corrected chi connectivity index (χ0v) is 20.9. The van der Waals surface area contributed by atoms with Gasteiger partial charge in [-0.05, 0) is 75.0 Å². The first-order chi connectivity index (χ1) is 16.5. The number of benzene rings is 1. The highest BCUT2D eigenvalue weighted by Gasteiger charge is 2.55. The molecule has 0 radical (unpaired) electrons. The highest BCUT2D eigenvalue weighted by molar-refractivity contribution is 7.86. The van der Waals surface area contributed by atoms with Crippen LogP contribution >= 0.6 is 11.6 Å². The van der Waals surface area contributed by atoms with Gasteiger partial charge in [0, 0.05) is 34.7 Å². The molecule has 1 aromatic heterocycles. The molecule has 3 saturated carbocycles. The first kappa shape index (κ1) is 21.6. The number of fused-ring (bicyclic) bond motifs is 3. The second-order valence-corrected chi connectivity index (χ2v) is 13.4. The van der Waals surface area contributed by atoms with Gasteiger partial charge in [-0.2, -0.15) is 4.98 Å². The van der Waals surface area contributed by atoms with Crippen LogP contribution in [0, 0.1) is 5.41 Å². The van der Waals surface area contributed by atoms with E-state index in [2.05, 4.69) is 22.3 Å². The van der Waals surface area contributed by atoms with Crippen LogP contribution in [-0.4, -0.2) is 49.8 Å². The summed E-state index contributed by atoms with van der Waals surface area (Å²) in [5, 5.41) is 14.5. The quantitative estimate of drug-likeness (QED) is 0.627. The molecule has 1 spiro atoms. The van der Waals surface area contributed by atoms with E-state index in [9.17, 15) is 9.32 Å². The maximum atomic E-state index is 13.0. The van der Waals surface area contributed by atoms with Gasteiger partial charge in [-0.15, -0.1) is 0 Å². The van der Waals surface area contributed by atoms with Crippen molar-refractivity contribution in [1.82, 2.24) is 9.97 Å². The summed E-state index contributed by atoms with van der Waals surface area (Å²) in [7, 11) is -1.03. The van der Waals surface area contributed by atoms with Crippen molar-refractivity contribution >= 4 is 34.2 Å². The summed E-state index contributed by atoms with van der Waals surface area (Å²) in [4.78, 5) is 13.0. The molecule has 2 N–H and O–H groups in total. The molecular weight excluding hydrogens is 468 g/mol. The number of halogens is 1. The topological polar surface area (TPSA) is 78.3 Å². The van der Waals surface area contributed by atoms with Crippen molar-refractivity contribution in [3.63, 3.8) is 0 Å². The van der Waals surface area contributed by atoms with E-state index in [1.165, 1.54) is 31.2 Å². The number of anilines is 2. The Morgan fingerprint density at radius 3 is 2.50 bits per heavy atom. The second kappa shape index (κ2) is 7.65. The fourth-order valence-corrected chi connectivity index (χ4v) is 8.60. The van der Waals surface area contributed by atoms with Crippen molar-refractivity contribution in [1.29, 1.82) is 0 Å². The van der Waals surface area contributed by atoms with E-state index in [0.29, 0.717) is 23.1 Å². The molecule has 1 aromatic carbocycles. The number of hydrogen-bond acceptors (Lipinski definition) is 6. The summed E-state index contributed by atoms with van der Waals surface area (Å²) in [5.74, 6) is 2.45. The molecule has 3 heterocycles. The van der Waals surface area contributed by atoms with Gasteiger partial charge in [-0.1, -0.05) is 23.7 Å². The molecule has 3 atom stereocenters. The van der Waals surface area contributed by atoms with Gasteiger partial charge in [0.25, 0.3) is 0 Å². The number of aliphatic hydroxyl groups is 1. The van der Waals surface area contributed by atoms with Crippen LogP contribution in [0.25, 0.3) is 0 Å². The number of rotatable bonds is 5.